The molecule has 180 valence electrons. The standard InChI is InChI=1S/C20H22F2N8O3S/c21-12-8-25-19-16(18(23)27-30(19)11-12)20(31)26-15-10-24-9-14(22)17(15)28-6-2-13(3-7-28)34(32,33)29-4-1-5-29/h8-11,13H,1-7H2,(H2,23,27)(H,26,31). The van der Waals surface area contributed by atoms with Crippen molar-refractivity contribution in [2.24, 2.45) is 0 Å². The monoisotopic (exact) mass is 492 g/mol. The van der Waals surface area contributed by atoms with Crippen LogP contribution in [0, 0.1) is 11.6 Å². The molecule has 2 aliphatic heterocycles. The molecule has 0 atom stereocenters. The maximum Gasteiger partial charge on any atom is 0.263 e. The number of carbonyl (C=O) groups is 1. The van der Waals surface area contributed by atoms with Gasteiger partial charge >= 0.3 is 0 Å². The molecule has 11 nitrogen and oxygen atoms in total. The number of sulfonamides is 1. The van der Waals surface area contributed by atoms with E-state index in [9.17, 15) is 22.0 Å². The van der Waals surface area contributed by atoms with Crippen molar-refractivity contribution in [1.29, 1.82) is 0 Å². The number of halogens is 2. The van der Waals surface area contributed by atoms with Gasteiger partial charge in [0.05, 0.1) is 35.7 Å². The molecule has 5 heterocycles. The number of nitrogens with one attached hydrogen (secondary N) is 1. The van der Waals surface area contributed by atoms with E-state index in [0.717, 1.165) is 29.5 Å². The minimum Gasteiger partial charge on any atom is -0.381 e. The Hall–Kier alpha value is -3.39. The third-order valence-corrected chi connectivity index (χ3v) is 8.57. The van der Waals surface area contributed by atoms with Crippen LogP contribution in [0.25, 0.3) is 5.65 Å². The Labute approximate surface area is 193 Å². The molecule has 0 spiro atoms. The molecule has 2 fully saturated rings. The predicted molar refractivity (Wildman–Crippen MR) is 120 cm³/mol. The minimum atomic E-state index is -3.35. The highest BCUT2D eigenvalue weighted by Gasteiger charge is 2.38. The molecule has 3 N–H and O–H groups in total. The molecule has 3 aromatic heterocycles. The fourth-order valence-corrected chi connectivity index (χ4v) is 6.30. The largest absolute Gasteiger partial charge is 0.381 e. The van der Waals surface area contributed by atoms with E-state index in [1.807, 2.05) is 0 Å². The van der Waals surface area contributed by atoms with Crippen LogP contribution in [-0.4, -0.2) is 69.6 Å². The van der Waals surface area contributed by atoms with Crippen LogP contribution in [0.2, 0.25) is 0 Å². The van der Waals surface area contributed by atoms with Crippen LogP contribution in [0.5, 0.6) is 0 Å². The Morgan fingerprint density at radius 3 is 2.53 bits per heavy atom. The zero-order valence-corrected chi connectivity index (χ0v) is 18.8. The number of hydrogen-bond acceptors (Lipinski definition) is 8. The van der Waals surface area contributed by atoms with Crippen molar-refractivity contribution >= 4 is 38.8 Å². The summed E-state index contributed by atoms with van der Waals surface area (Å²) in [6, 6.07) is 0. The maximum atomic E-state index is 14.9. The van der Waals surface area contributed by atoms with Crippen LogP contribution in [-0.2, 0) is 10.0 Å². The Morgan fingerprint density at radius 2 is 1.85 bits per heavy atom. The summed E-state index contributed by atoms with van der Waals surface area (Å²) < 4.78 is 56.2. The van der Waals surface area contributed by atoms with Gasteiger partial charge in [-0.25, -0.2) is 31.0 Å². The smallest absolute Gasteiger partial charge is 0.263 e. The van der Waals surface area contributed by atoms with Gasteiger partial charge < -0.3 is 16.0 Å². The third-order valence-electron chi connectivity index (χ3n) is 6.17. The first-order valence-corrected chi connectivity index (χ1v) is 12.2. The molecule has 0 radical (unpaired) electrons. The van der Waals surface area contributed by atoms with Crippen molar-refractivity contribution in [2.75, 3.05) is 42.1 Å². The van der Waals surface area contributed by atoms with Crippen molar-refractivity contribution in [3.8, 4) is 0 Å². The molecule has 1 amide bonds. The van der Waals surface area contributed by atoms with E-state index >= 15 is 0 Å². The summed E-state index contributed by atoms with van der Waals surface area (Å²) in [5.74, 6) is -2.19. The molecule has 5 rings (SSSR count). The Balaban J connectivity index is 1.38. The molecular weight excluding hydrogens is 470 g/mol. The van der Waals surface area contributed by atoms with Gasteiger partial charge in [0.1, 0.15) is 11.3 Å². The number of pyridine rings is 1. The third kappa shape index (κ3) is 3.81. The molecule has 0 bridgehead atoms. The van der Waals surface area contributed by atoms with Crippen LogP contribution in [0.15, 0.2) is 24.8 Å². The lowest BCUT2D eigenvalue weighted by molar-refractivity contribution is 0.102. The molecule has 0 unspecified atom stereocenters. The van der Waals surface area contributed by atoms with E-state index in [1.165, 1.54) is 10.5 Å². The van der Waals surface area contributed by atoms with E-state index in [4.69, 9.17) is 5.73 Å². The van der Waals surface area contributed by atoms with Crippen LogP contribution >= 0.6 is 0 Å². The van der Waals surface area contributed by atoms with E-state index < -0.39 is 32.8 Å². The number of fused-ring (bicyclic) bond motifs is 1. The summed E-state index contributed by atoms with van der Waals surface area (Å²) in [5.41, 5.74) is 6.00. The summed E-state index contributed by atoms with van der Waals surface area (Å²) in [7, 11) is -3.35. The number of hydrogen-bond donors (Lipinski definition) is 2. The van der Waals surface area contributed by atoms with Gasteiger partial charge in [-0.3, -0.25) is 9.78 Å². The second-order valence-electron chi connectivity index (χ2n) is 8.26. The average Bonchev–Trinajstić information content (AvgIpc) is 3.07. The maximum absolute atomic E-state index is 14.9. The molecule has 3 aromatic rings. The summed E-state index contributed by atoms with van der Waals surface area (Å²) in [6.45, 7) is 1.68. The second kappa shape index (κ2) is 8.43. The number of carbonyl (C=O) groups excluding carboxylic acids is 1. The van der Waals surface area contributed by atoms with Crippen molar-refractivity contribution < 1.29 is 22.0 Å². The minimum absolute atomic E-state index is 0.0410. The zero-order chi connectivity index (χ0) is 24.0. The quantitative estimate of drug-likeness (QED) is 0.543. The zero-order valence-electron chi connectivity index (χ0n) is 18.0. The molecular formula is C20H22F2N8O3S. The number of nitrogens with two attached hydrogens (primary N) is 1. The number of aromatic nitrogens is 4. The number of anilines is 3. The van der Waals surface area contributed by atoms with Gasteiger partial charge in [0.25, 0.3) is 5.91 Å². The van der Waals surface area contributed by atoms with Gasteiger partial charge in [0, 0.05) is 26.2 Å². The van der Waals surface area contributed by atoms with Crippen LogP contribution < -0.4 is 16.0 Å². The Kier molecular flexibility index (Phi) is 5.56. The number of nitrogen functional groups attached to an aromatic ring is 1. The Morgan fingerprint density at radius 1 is 1.12 bits per heavy atom. The van der Waals surface area contributed by atoms with Gasteiger partial charge in [0.2, 0.25) is 10.0 Å². The van der Waals surface area contributed by atoms with Crippen LogP contribution in [0.3, 0.4) is 0 Å². The molecule has 2 aliphatic rings. The molecule has 0 aromatic carbocycles. The van der Waals surface area contributed by atoms with E-state index in [0.29, 0.717) is 39.0 Å². The number of rotatable bonds is 5. The van der Waals surface area contributed by atoms with Crippen molar-refractivity contribution in [3.63, 3.8) is 0 Å². The summed E-state index contributed by atoms with van der Waals surface area (Å²) in [4.78, 5) is 22.4. The fourth-order valence-electron chi connectivity index (χ4n) is 4.30. The molecule has 14 heteroatoms. The first-order valence-electron chi connectivity index (χ1n) is 10.7. The Bertz CT molecular complexity index is 1370. The highest BCUT2D eigenvalue weighted by molar-refractivity contribution is 7.89. The van der Waals surface area contributed by atoms with Gasteiger partial charge in [-0.05, 0) is 19.3 Å². The number of nitrogens with zero attached hydrogens (tertiary/aromatic N) is 6. The SMILES string of the molecule is Nc1nn2cc(F)cnc2c1C(=O)Nc1cncc(F)c1N1CCC(S(=O)(=O)N2CCC2)CC1. The average molecular weight is 493 g/mol. The fraction of sp³-hybridized carbons (Fsp3) is 0.400. The topological polar surface area (TPSA) is 139 Å². The van der Waals surface area contributed by atoms with Crippen molar-refractivity contribution in [3.05, 3.63) is 42.0 Å². The van der Waals surface area contributed by atoms with E-state index in [2.05, 4.69) is 20.4 Å². The lowest BCUT2D eigenvalue weighted by Gasteiger charge is -2.38. The normalized spacial score (nSPS) is 17.6. The van der Waals surface area contributed by atoms with E-state index in [-0.39, 0.29) is 28.4 Å². The summed E-state index contributed by atoms with van der Waals surface area (Å²) in [5, 5.41) is 5.98. The second-order valence-corrected chi connectivity index (χ2v) is 10.5. The van der Waals surface area contributed by atoms with Crippen LogP contribution in [0.1, 0.15) is 29.6 Å². The van der Waals surface area contributed by atoms with E-state index in [1.54, 1.807) is 4.90 Å². The lowest BCUT2D eigenvalue weighted by Crippen LogP contribution is -2.50. The van der Waals surface area contributed by atoms with Gasteiger partial charge in [0.15, 0.2) is 23.1 Å². The highest BCUT2D eigenvalue weighted by Crippen LogP contribution is 2.33. The van der Waals surface area contributed by atoms with Crippen LogP contribution in [0.4, 0.5) is 26.0 Å². The first kappa shape index (κ1) is 22.4. The highest BCUT2D eigenvalue weighted by atomic mass is 32.2. The molecule has 0 saturated carbocycles. The lowest BCUT2D eigenvalue weighted by atomic mass is 10.1. The molecule has 0 aliphatic carbocycles. The van der Waals surface area contributed by atoms with Crippen molar-refractivity contribution in [1.82, 2.24) is 23.9 Å². The molecule has 34 heavy (non-hydrogen) atoms. The molecule has 2 saturated heterocycles. The van der Waals surface area contributed by atoms with Crippen molar-refractivity contribution in [2.45, 2.75) is 24.5 Å². The number of piperidine rings is 1. The number of amides is 1. The summed E-state index contributed by atoms with van der Waals surface area (Å²) in [6.07, 6.45) is 5.83. The summed E-state index contributed by atoms with van der Waals surface area (Å²) >= 11 is 0. The van der Waals surface area contributed by atoms with Gasteiger partial charge in [-0.2, -0.15) is 0 Å². The van der Waals surface area contributed by atoms with Gasteiger partial charge in [-0.15, -0.1) is 5.10 Å². The first-order chi connectivity index (χ1) is 16.3. The van der Waals surface area contributed by atoms with Gasteiger partial charge in [-0.1, -0.05) is 0 Å². The predicted octanol–water partition coefficient (Wildman–Crippen LogP) is 1.24.